The lowest BCUT2D eigenvalue weighted by molar-refractivity contribution is -0.144. The molecule has 1 N–H and O–H groups in total. The molecule has 0 bridgehead atoms. The lowest BCUT2D eigenvalue weighted by Gasteiger charge is -2.11. The van der Waals surface area contributed by atoms with E-state index in [0.29, 0.717) is 5.75 Å². The topological polar surface area (TPSA) is 68.7 Å². The van der Waals surface area contributed by atoms with Gasteiger partial charge in [0.15, 0.2) is 11.9 Å². The molecule has 0 saturated carbocycles. The Labute approximate surface area is 81.3 Å². The van der Waals surface area contributed by atoms with E-state index in [9.17, 15) is 4.79 Å². The highest BCUT2D eigenvalue weighted by Crippen LogP contribution is 2.23. The molecule has 14 heavy (non-hydrogen) atoms. The first-order chi connectivity index (χ1) is 6.65. The number of aliphatic carboxylic acids is 1. The first-order valence-electron chi connectivity index (χ1n) is 4.03. The molecule has 5 nitrogen and oxygen atoms in total. The highest BCUT2D eigenvalue weighted by molar-refractivity contribution is 5.72. The van der Waals surface area contributed by atoms with Crippen LogP contribution in [0.15, 0.2) is 18.3 Å². The molecule has 0 radical (unpaired) electrons. The first-order valence-corrected chi connectivity index (χ1v) is 4.03. The number of ether oxygens (including phenoxy) is 2. The molecule has 1 aromatic rings. The number of aromatic nitrogens is 1. The molecule has 5 heteroatoms. The Hall–Kier alpha value is -1.78. The molecule has 0 spiro atoms. The van der Waals surface area contributed by atoms with Crippen LogP contribution in [0.3, 0.4) is 0 Å². The van der Waals surface area contributed by atoms with Crippen molar-refractivity contribution < 1.29 is 19.4 Å². The van der Waals surface area contributed by atoms with Gasteiger partial charge in [0.25, 0.3) is 5.88 Å². The Morgan fingerprint density at radius 3 is 2.93 bits per heavy atom. The maximum absolute atomic E-state index is 10.5. The van der Waals surface area contributed by atoms with Gasteiger partial charge in [-0.05, 0) is 19.1 Å². The molecule has 0 aliphatic carbocycles. The van der Waals surface area contributed by atoms with E-state index in [1.54, 1.807) is 12.1 Å². The van der Waals surface area contributed by atoms with Crippen LogP contribution in [0.2, 0.25) is 0 Å². The van der Waals surface area contributed by atoms with Crippen molar-refractivity contribution in [2.75, 3.05) is 7.11 Å². The van der Waals surface area contributed by atoms with Crippen LogP contribution in [0.4, 0.5) is 0 Å². The van der Waals surface area contributed by atoms with Gasteiger partial charge < -0.3 is 14.6 Å². The molecule has 1 atom stereocenters. The van der Waals surface area contributed by atoms with Gasteiger partial charge in [-0.3, -0.25) is 0 Å². The molecule has 0 fully saturated rings. The van der Waals surface area contributed by atoms with Crippen LogP contribution in [0.25, 0.3) is 0 Å². The summed E-state index contributed by atoms with van der Waals surface area (Å²) in [6.07, 6.45) is 0.561. The van der Waals surface area contributed by atoms with Gasteiger partial charge in [0.05, 0.1) is 7.11 Å². The van der Waals surface area contributed by atoms with Gasteiger partial charge >= 0.3 is 5.97 Å². The first kappa shape index (κ1) is 10.3. The average Bonchev–Trinajstić information content (AvgIpc) is 2.18. The molecular formula is C9H11NO4. The maximum Gasteiger partial charge on any atom is 0.344 e. The van der Waals surface area contributed by atoms with Crippen molar-refractivity contribution in [1.29, 1.82) is 0 Å². The minimum absolute atomic E-state index is 0.185. The lowest BCUT2D eigenvalue weighted by atomic mass is 10.4. The number of pyridine rings is 1. The number of carbonyl (C=O) groups is 1. The smallest absolute Gasteiger partial charge is 0.344 e. The quantitative estimate of drug-likeness (QED) is 0.778. The van der Waals surface area contributed by atoms with Crippen LogP contribution in [0.1, 0.15) is 6.92 Å². The van der Waals surface area contributed by atoms with Crippen LogP contribution in [0.5, 0.6) is 11.6 Å². The van der Waals surface area contributed by atoms with E-state index in [1.807, 2.05) is 0 Å². The van der Waals surface area contributed by atoms with Crippen molar-refractivity contribution in [3.8, 4) is 11.6 Å². The monoisotopic (exact) mass is 197 g/mol. The van der Waals surface area contributed by atoms with Crippen LogP contribution in [0, 0.1) is 0 Å². The number of nitrogens with zero attached hydrogens (tertiary/aromatic N) is 1. The molecule has 1 aromatic heterocycles. The fourth-order valence-electron chi connectivity index (χ4n) is 0.838. The van der Waals surface area contributed by atoms with Gasteiger partial charge in [0.2, 0.25) is 0 Å². The van der Waals surface area contributed by atoms with E-state index >= 15 is 0 Å². The Morgan fingerprint density at radius 2 is 2.36 bits per heavy atom. The molecular weight excluding hydrogens is 186 g/mol. The molecule has 1 heterocycles. The molecule has 1 rings (SSSR count). The molecule has 1 unspecified atom stereocenters. The number of methoxy groups -OCH3 is 1. The summed E-state index contributed by atoms with van der Waals surface area (Å²) in [5, 5.41) is 8.61. The summed E-state index contributed by atoms with van der Waals surface area (Å²) in [6.45, 7) is 1.43. The standard InChI is InChI=1S/C9H11NO4/c1-6(9(11)12)14-8-7(13-2)4-3-5-10-8/h3-6H,1-2H3,(H,11,12). The number of carboxylic acid groups (broad SMARTS) is 1. The third kappa shape index (κ3) is 2.35. The van der Waals surface area contributed by atoms with Gasteiger partial charge in [0, 0.05) is 6.20 Å². The predicted octanol–water partition coefficient (Wildman–Crippen LogP) is 0.942. The summed E-state index contributed by atoms with van der Waals surface area (Å²) in [5.41, 5.74) is 0. The zero-order valence-electron chi connectivity index (χ0n) is 7.93. The molecule has 0 amide bonds. The summed E-state index contributed by atoms with van der Waals surface area (Å²) >= 11 is 0. The minimum atomic E-state index is -1.04. The number of hydrogen-bond acceptors (Lipinski definition) is 4. The average molecular weight is 197 g/mol. The van der Waals surface area contributed by atoms with Crippen LogP contribution < -0.4 is 9.47 Å². The van der Waals surface area contributed by atoms with Gasteiger partial charge in [-0.25, -0.2) is 9.78 Å². The van der Waals surface area contributed by atoms with Crippen molar-refractivity contribution in [2.45, 2.75) is 13.0 Å². The SMILES string of the molecule is COc1cccnc1OC(C)C(=O)O. The Morgan fingerprint density at radius 1 is 1.64 bits per heavy atom. The van der Waals surface area contributed by atoms with Crippen molar-refractivity contribution >= 4 is 5.97 Å². The van der Waals surface area contributed by atoms with Crippen molar-refractivity contribution in [3.63, 3.8) is 0 Å². The molecule has 0 aliphatic rings. The van der Waals surface area contributed by atoms with E-state index in [4.69, 9.17) is 14.6 Å². The van der Waals surface area contributed by atoms with Crippen LogP contribution >= 0.6 is 0 Å². The van der Waals surface area contributed by atoms with E-state index in [0.717, 1.165) is 0 Å². The van der Waals surface area contributed by atoms with Crippen molar-refractivity contribution in [3.05, 3.63) is 18.3 Å². The Balaban J connectivity index is 2.80. The van der Waals surface area contributed by atoms with E-state index < -0.39 is 12.1 Å². The van der Waals surface area contributed by atoms with Crippen molar-refractivity contribution in [2.24, 2.45) is 0 Å². The maximum atomic E-state index is 10.5. The molecule has 0 saturated heterocycles. The lowest BCUT2D eigenvalue weighted by Crippen LogP contribution is -2.23. The summed E-state index contributed by atoms with van der Waals surface area (Å²) in [6, 6.07) is 3.33. The number of rotatable bonds is 4. The second-order valence-electron chi connectivity index (χ2n) is 2.61. The largest absolute Gasteiger partial charge is 0.491 e. The Kier molecular flexibility index (Phi) is 3.28. The highest BCUT2D eigenvalue weighted by atomic mass is 16.5. The number of carboxylic acids is 1. The normalized spacial score (nSPS) is 11.9. The third-order valence-corrected chi connectivity index (χ3v) is 1.59. The Bertz CT molecular complexity index is 326. The van der Waals surface area contributed by atoms with Crippen LogP contribution in [-0.4, -0.2) is 29.3 Å². The van der Waals surface area contributed by atoms with Gasteiger partial charge in [-0.2, -0.15) is 0 Å². The summed E-state index contributed by atoms with van der Waals surface area (Å²) in [5.74, 6) is -0.441. The third-order valence-electron chi connectivity index (χ3n) is 1.59. The van der Waals surface area contributed by atoms with Crippen LogP contribution in [-0.2, 0) is 4.79 Å². The number of hydrogen-bond donors (Lipinski definition) is 1. The molecule has 0 aromatic carbocycles. The zero-order chi connectivity index (χ0) is 10.6. The summed E-state index contributed by atoms with van der Waals surface area (Å²) in [7, 11) is 1.47. The van der Waals surface area contributed by atoms with E-state index in [-0.39, 0.29) is 5.88 Å². The van der Waals surface area contributed by atoms with E-state index in [1.165, 1.54) is 20.2 Å². The minimum Gasteiger partial charge on any atom is -0.491 e. The second-order valence-corrected chi connectivity index (χ2v) is 2.61. The van der Waals surface area contributed by atoms with Gasteiger partial charge in [0.1, 0.15) is 0 Å². The fourth-order valence-corrected chi connectivity index (χ4v) is 0.838. The summed E-state index contributed by atoms with van der Waals surface area (Å²) < 4.78 is 10.0. The van der Waals surface area contributed by atoms with Gasteiger partial charge in [-0.15, -0.1) is 0 Å². The predicted molar refractivity (Wildman–Crippen MR) is 48.5 cm³/mol. The summed E-state index contributed by atoms with van der Waals surface area (Å²) in [4.78, 5) is 14.4. The fraction of sp³-hybridized carbons (Fsp3) is 0.333. The molecule has 0 aliphatic heterocycles. The second kappa shape index (κ2) is 4.45. The zero-order valence-corrected chi connectivity index (χ0v) is 7.93. The highest BCUT2D eigenvalue weighted by Gasteiger charge is 2.15. The van der Waals surface area contributed by atoms with E-state index in [2.05, 4.69) is 4.98 Å². The van der Waals surface area contributed by atoms with Gasteiger partial charge in [-0.1, -0.05) is 0 Å². The molecule has 76 valence electrons. The van der Waals surface area contributed by atoms with Crippen molar-refractivity contribution in [1.82, 2.24) is 4.98 Å².